The van der Waals surface area contributed by atoms with Gasteiger partial charge in [-0.15, -0.1) is 11.3 Å². The fourth-order valence-electron chi connectivity index (χ4n) is 2.52. The molecule has 2 heterocycles. The van der Waals surface area contributed by atoms with Crippen LogP contribution in [0.15, 0.2) is 30.6 Å². The number of thiophene rings is 1. The maximum Gasteiger partial charge on any atom is 0.259 e. The van der Waals surface area contributed by atoms with E-state index in [0.29, 0.717) is 12.3 Å². The number of hydrogen-bond acceptors (Lipinski definition) is 6. The minimum Gasteiger partial charge on any atom is -0.484 e. The van der Waals surface area contributed by atoms with E-state index in [0.717, 1.165) is 21.6 Å². The van der Waals surface area contributed by atoms with Crippen LogP contribution in [0.1, 0.15) is 16.0 Å². The summed E-state index contributed by atoms with van der Waals surface area (Å²) in [7, 11) is 3.42. The van der Waals surface area contributed by atoms with E-state index in [4.69, 9.17) is 4.74 Å². The predicted molar refractivity (Wildman–Crippen MR) is 105 cm³/mol. The Labute approximate surface area is 156 Å². The molecule has 0 aliphatic heterocycles. The molecule has 136 valence electrons. The number of rotatable bonds is 6. The first-order valence-corrected chi connectivity index (χ1v) is 9.14. The van der Waals surface area contributed by atoms with E-state index in [2.05, 4.69) is 29.1 Å². The Bertz CT molecular complexity index is 936. The van der Waals surface area contributed by atoms with Gasteiger partial charge < -0.3 is 15.0 Å². The molecule has 7 heteroatoms. The van der Waals surface area contributed by atoms with Crippen molar-refractivity contribution in [3.05, 3.63) is 46.6 Å². The summed E-state index contributed by atoms with van der Waals surface area (Å²) in [5.41, 5.74) is 2.27. The number of nitrogens with zero attached hydrogens (tertiary/aromatic N) is 3. The number of hydrogen-bond donors (Lipinski definition) is 1. The number of aryl methyl sites for hydroxylation is 2. The zero-order chi connectivity index (χ0) is 18.7. The maximum atomic E-state index is 11.6. The van der Waals surface area contributed by atoms with Crippen molar-refractivity contribution in [1.82, 2.24) is 14.9 Å². The number of anilines is 1. The van der Waals surface area contributed by atoms with Crippen LogP contribution in [0.25, 0.3) is 10.2 Å². The number of carbonyl (C=O) groups is 1. The molecule has 26 heavy (non-hydrogen) atoms. The highest BCUT2D eigenvalue weighted by Crippen LogP contribution is 2.32. The second-order valence-corrected chi connectivity index (χ2v) is 7.47. The number of benzene rings is 1. The van der Waals surface area contributed by atoms with E-state index in [1.54, 1.807) is 31.8 Å². The van der Waals surface area contributed by atoms with Crippen molar-refractivity contribution in [2.75, 3.05) is 26.0 Å². The van der Waals surface area contributed by atoms with Gasteiger partial charge in [0.1, 0.15) is 22.7 Å². The molecule has 3 rings (SSSR count). The molecule has 0 atom stereocenters. The summed E-state index contributed by atoms with van der Waals surface area (Å²) in [5.74, 6) is 1.45. The Kier molecular flexibility index (Phi) is 5.37. The van der Waals surface area contributed by atoms with Gasteiger partial charge in [0.2, 0.25) is 0 Å². The normalized spacial score (nSPS) is 10.8. The van der Waals surface area contributed by atoms with Crippen LogP contribution >= 0.6 is 11.3 Å². The third-order valence-corrected chi connectivity index (χ3v) is 5.30. The van der Waals surface area contributed by atoms with Crippen molar-refractivity contribution in [1.29, 1.82) is 0 Å². The Balaban J connectivity index is 1.71. The zero-order valence-electron chi connectivity index (χ0n) is 15.4. The van der Waals surface area contributed by atoms with E-state index in [-0.39, 0.29) is 12.5 Å². The molecule has 0 bridgehead atoms. The summed E-state index contributed by atoms with van der Waals surface area (Å²) in [4.78, 5) is 24.2. The number of aromatic nitrogens is 2. The van der Waals surface area contributed by atoms with Crippen molar-refractivity contribution < 1.29 is 9.53 Å². The van der Waals surface area contributed by atoms with Crippen molar-refractivity contribution in [3.8, 4) is 5.75 Å². The quantitative estimate of drug-likeness (QED) is 0.720. The highest BCUT2D eigenvalue weighted by atomic mass is 32.1. The number of carbonyl (C=O) groups excluding carboxylic acids is 1. The lowest BCUT2D eigenvalue weighted by Gasteiger charge is -2.12. The molecule has 0 aliphatic rings. The molecular weight excluding hydrogens is 348 g/mol. The molecule has 0 unspecified atom stereocenters. The topological polar surface area (TPSA) is 67.4 Å². The molecule has 0 saturated carbocycles. The van der Waals surface area contributed by atoms with Gasteiger partial charge in [0, 0.05) is 25.5 Å². The first-order chi connectivity index (χ1) is 12.5. The fourth-order valence-corrected chi connectivity index (χ4v) is 3.52. The highest BCUT2D eigenvalue weighted by Gasteiger charge is 2.12. The summed E-state index contributed by atoms with van der Waals surface area (Å²) >= 11 is 1.68. The Morgan fingerprint density at radius 1 is 1.27 bits per heavy atom. The van der Waals surface area contributed by atoms with Gasteiger partial charge in [0.25, 0.3) is 5.91 Å². The van der Waals surface area contributed by atoms with E-state index in [9.17, 15) is 4.79 Å². The molecule has 1 amide bonds. The smallest absolute Gasteiger partial charge is 0.259 e. The van der Waals surface area contributed by atoms with Crippen LogP contribution in [-0.2, 0) is 11.3 Å². The average molecular weight is 370 g/mol. The lowest BCUT2D eigenvalue weighted by atomic mass is 10.2. The van der Waals surface area contributed by atoms with Gasteiger partial charge in [-0.2, -0.15) is 0 Å². The zero-order valence-corrected chi connectivity index (χ0v) is 16.2. The number of fused-ring (bicyclic) bond motifs is 1. The standard InChI is InChI=1S/C19H22N4O2S/c1-12-13(2)26-19-17(12)18(21-11-22-19)20-9-14-6-5-7-15(8-14)25-10-16(24)23(3)4/h5-8,11H,9-10H2,1-4H3,(H,20,21,22). The van der Waals surface area contributed by atoms with Crippen LogP contribution in [-0.4, -0.2) is 41.5 Å². The minimum atomic E-state index is -0.0693. The van der Waals surface area contributed by atoms with Crippen molar-refractivity contribution in [2.24, 2.45) is 0 Å². The minimum absolute atomic E-state index is 0.0315. The summed E-state index contributed by atoms with van der Waals surface area (Å²) in [6.45, 7) is 4.84. The first kappa shape index (κ1) is 18.1. The molecule has 0 spiro atoms. The van der Waals surface area contributed by atoms with Crippen molar-refractivity contribution in [2.45, 2.75) is 20.4 Å². The van der Waals surface area contributed by atoms with Gasteiger partial charge in [0.05, 0.1) is 5.39 Å². The molecule has 1 N–H and O–H groups in total. The SMILES string of the molecule is Cc1sc2ncnc(NCc3cccc(OCC(=O)N(C)C)c3)c2c1C. The lowest BCUT2D eigenvalue weighted by molar-refractivity contribution is -0.130. The number of likely N-dealkylation sites (N-methyl/N-ethyl adjacent to an activating group) is 1. The van der Waals surface area contributed by atoms with Crippen LogP contribution in [0, 0.1) is 13.8 Å². The predicted octanol–water partition coefficient (Wildman–Crippen LogP) is 3.39. The third-order valence-electron chi connectivity index (χ3n) is 4.18. The molecule has 0 radical (unpaired) electrons. The van der Waals surface area contributed by atoms with E-state index < -0.39 is 0 Å². The summed E-state index contributed by atoms with van der Waals surface area (Å²) < 4.78 is 5.57. The van der Waals surface area contributed by atoms with Gasteiger partial charge in [-0.1, -0.05) is 12.1 Å². The Hall–Kier alpha value is -2.67. The largest absolute Gasteiger partial charge is 0.484 e. The van der Waals surface area contributed by atoms with E-state index >= 15 is 0 Å². The molecule has 0 aliphatic carbocycles. The monoisotopic (exact) mass is 370 g/mol. The fraction of sp³-hybridized carbons (Fsp3) is 0.316. The maximum absolute atomic E-state index is 11.6. The Morgan fingerprint density at radius 3 is 2.85 bits per heavy atom. The van der Waals surface area contributed by atoms with Gasteiger partial charge in [-0.3, -0.25) is 4.79 Å². The van der Waals surface area contributed by atoms with Crippen LogP contribution in [0.2, 0.25) is 0 Å². The van der Waals surface area contributed by atoms with Gasteiger partial charge >= 0.3 is 0 Å². The molecule has 1 aromatic carbocycles. The van der Waals surface area contributed by atoms with E-state index in [1.165, 1.54) is 15.3 Å². The molecule has 0 fully saturated rings. The number of amides is 1. The van der Waals surface area contributed by atoms with Crippen LogP contribution in [0.5, 0.6) is 5.75 Å². The summed E-state index contributed by atoms with van der Waals surface area (Å²) in [6.07, 6.45) is 1.59. The van der Waals surface area contributed by atoms with Crippen molar-refractivity contribution >= 4 is 33.3 Å². The van der Waals surface area contributed by atoms with Crippen LogP contribution in [0.4, 0.5) is 5.82 Å². The summed E-state index contributed by atoms with van der Waals surface area (Å²) in [5, 5.41) is 4.48. The summed E-state index contributed by atoms with van der Waals surface area (Å²) in [6, 6.07) is 7.71. The number of ether oxygens (including phenoxy) is 1. The average Bonchev–Trinajstić information content (AvgIpc) is 2.93. The van der Waals surface area contributed by atoms with Gasteiger partial charge in [-0.25, -0.2) is 9.97 Å². The number of nitrogens with one attached hydrogen (secondary N) is 1. The van der Waals surface area contributed by atoms with Crippen LogP contribution in [0.3, 0.4) is 0 Å². The van der Waals surface area contributed by atoms with Crippen LogP contribution < -0.4 is 10.1 Å². The first-order valence-electron chi connectivity index (χ1n) is 8.32. The second-order valence-electron chi connectivity index (χ2n) is 6.26. The highest BCUT2D eigenvalue weighted by molar-refractivity contribution is 7.18. The third kappa shape index (κ3) is 3.94. The van der Waals surface area contributed by atoms with Gasteiger partial charge in [-0.05, 0) is 37.1 Å². The molecule has 2 aromatic heterocycles. The van der Waals surface area contributed by atoms with E-state index in [1.807, 2.05) is 24.3 Å². The molecule has 3 aromatic rings. The lowest BCUT2D eigenvalue weighted by Crippen LogP contribution is -2.27. The molecule has 0 saturated heterocycles. The van der Waals surface area contributed by atoms with Gasteiger partial charge in [0.15, 0.2) is 6.61 Å². The van der Waals surface area contributed by atoms with Crippen molar-refractivity contribution in [3.63, 3.8) is 0 Å². The second kappa shape index (κ2) is 7.70. The molecular formula is C19H22N4O2S. The molecule has 6 nitrogen and oxygen atoms in total. The Morgan fingerprint density at radius 2 is 2.08 bits per heavy atom.